The molecule has 8 aliphatic rings. The molecule has 8 rings (SSSR count). The summed E-state index contributed by atoms with van der Waals surface area (Å²) in [6.07, 6.45) is 14.0. The normalized spacial score (nSPS) is 55.4. The van der Waals surface area contributed by atoms with E-state index in [0.717, 1.165) is 62.2 Å². The number of hydrogen-bond donors (Lipinski definition) is 2. The van der Waals surface area contributed by atoms with Gasteiger partial charge in [0.1, 0.15) is 0 Å². The molecule has 2 N–H and O–H groups in total. The Hall–Kier alpha value is -1.06. The highest BCUT2D eigenvalue weighted by atomic mass is 16.2. The largest absolute Gasteiger partial charge is 0.273 e. The zero-order valence-electron chi connectivity index (χ0n) is 17.6. The third kappa shape index (κ3) is 2.48. The van der Waals surface area contributed by atoms with E-state index < -0.39 is 0 Å². The van der Waals surface area contributed by atoms with Crippen molar-refractivity contribution in [3.8, 4) is 0 Å². The van der Waals surface area contributed by atoms with Gasteiger partial charge >= 0.3 is 0 Å². The van der Waals surface area contributed by atoms with Crippen LogP contribution in [0.2, 0.25) is 0 Å². The van der Waals surface area contributed by atoms with Crippen LogP contribution in [0.15, 0.2) is 0 Å². The van der Waals surface area contributed by atoms with Gasteiger partial charge < -0.3 is 0 Å². The van der Waals surface area contributed by atoms with Crippen LogP contribution in [0.5, 0.6) is 0 Å². The summed E-state index contributed by atoms with van der Waals surface area (Å²) >= 11 is 0. The Balaban J connectivity index is 1.16. The van der Waals surface area contributed by atoms with Crippen LogP contribution in [-0.2, 0) is 9.59 Å². The predicted octanol–water partition coefficient (Wildman–Crippen LogP) is 4.35. The molecule has 0 saturated heterocycles. The van der Waals surface area contributed by atoms with Crippen molar-refractivity contribution >= 4 is 11.8 Å². The van der Waals surface area contributed by atoms with Gasteiger partial charge in [-0.3, -0.25) is 20.4 Å². The van der Waals surface area contributed by atoms with E-state index in [-0.39, 0.29) is 22.6 Å². The first-order chi connectivity index (χ1) is 13.2. The second-order valence-corrected chi connectivity index (χ2v) is 13.0. The third-order valence-corrected chi connectivity index (χ3v) is 9.96. The average molecular weight is 385 g/mol. The molecule has 4 atom stereocenters. The van der Waals surface area contributed by atoms with E-state index >= 15 is 0 Å². The van der Waals surface area contributed by atoms with Crippen molar-refractivity contribution in [2.45, 2.75) is 90.9 Å². The van der Waals surface area contributed by atoms with Crippen LogP contribution in [-0.4, -0.2) is 11.8 Å². The maximum atomic E-state index is 13.3. The first-order valence-electron chi connectivity index (χ1n) is 11.8. The van der Waals surface area contributed by atoms with Gasteiger partial charge in [0, 0.05) is 0 Å². The molecular weight excluding hydrogens is 348 g/mol. The summed E-state index contributed by atoms with van der Waals surface area (Å²) in [4.78, 5) is 26.6. The topological polar surface area (TPSA) is 58.2 Å². The number of nitrogens with one attached hydrogen (secondary N) is 2. The highest BCUT2D eigenvalue weighted by Gasteiger charge is 2.60. The fourth-order valence-electron chi connectivity index (χ4n) is 10.4. The van der Waals surface area contributed by atoms with Crippen LogP contribution < -0.4 is 10.9 Å². The number of rotatable bonds is 2. The van der Waals surface area contributed by atoms with E-state index in [1.165, 1.54) is 38.5 Å². The van der Waals surface area contributed by atoms with Crippen LogP contribution in [0, 0.1) is 45.3 Å². The van der Waals surface area contributed by atoms with Gasteiger partial charge in [-0.1, -0.05) is 13.8 Å². The van der Waals surface area contributed by atoms with Crippen molar-refractivity contribution < 1.29 is 9.59 Å². The smallest absolute Gasteiger partial charge is 0.244 e. The zero-order valence-corrected chi connectivity index (χ0v) is 17.6. The molecule has 4 nitrogen and oxygen atoms in total. The van der Waals surface area contributed by atoms with Crippen molar-refractivity contribution in [2.24, 2.45) is 45.3 Å². The predicted molar refractivity (Wildman–Crippen MR) is 107 cm³/mol. The minimum Gasteiger partial charge on any atom is -0.273 e. The molecule has 0 aliphatic heterocycles. The molecule has 8 fully saturated rings. The summed E-state index contributed by atoms with van der Waals surface area (Å²) in [5.74, 6) is 3.09. The molecule has 0 aromatic heterocycles. The van der Waals surface area contributed by atoms with E-state index in [4.69, 9.17) is 0 Å². The molecule has 8 bridgehead atoms. The monoisotopic (exact) mass is 384 g/mol. The maximum absolute atomic E-state index is 13.3. The van der Waals surface area contributed by atoms with Gasteiger partial charge in [0.25, 0.3) is 0 Å². The van der Waals surface area contributed by atoms with E-state index in [9.17, 15) is 9.59 Å². The van der Waals surface area contributed by atoms with Crippen molar-refractivity contribution in [1.82, 2.24) is 10.9 Å². The SMILES string of the molecule is CC12C[C@H]3C[C@H](C1)CC(C(=O)NNC(=O)C14C[C@H]5C[C@@H](CC(C)(C5)C1)C4)(C3)C2. The summed E-state index contributed by atoms with van der Waals surface area (Å²) in [6, 6.07) is 0. The molecule has 4 heteroatoms. The second-order valence-electron chi connectivity index (χ2n) is 13.0. The van der Waals surface area contributed by atoms with Crippen molar-refractivity contribution in [2.75, 3.05) is 0 Å². The van der Waals surface area contributed by atoms with Crippen LogP contribution in [0.3, 0.4) is 0 Å². The lowest BCUT2D eigenvalue weighted by molar-refractivity contribution is -0.163. The van der Waals surface area contributed by atoms with E-state index in [0.29, 0.717) is 10.8 Å². The van der Waals surface area contributed by atoms with E-state index in [1.54, 1.807) is 0 Å². The molecule has 8 saturated carbocycles. The van der Waals surface area contributed by atoms with Crippen molar-refractivity contribution in [3.63, 3.8) is 0 Å². The molecule has 0 heterocycles. The minimum atomic E-state index is -0.223. The molecule has 0 unspecified atom stereocenters. The Morgan fingerprint density at radius 1 is 0.607 bits per heavy atom. The molecule has 0 radical (unpaired) electrons. The van der Waals surface area contributed by atoms with Crippen molar-refractivity contribution in [1.29, 1.82) is 0 Å². The van der Waals surface area contributed by atoms with Crippen molar-refractivity contribution in [3.05, 3.63) is 0 Å². The number of carbonyl (C=O) groups is 2. The van der Waals surface area contributed by atoms with E-state index in [2.05, 4.69) is 24.7 Å². The quantitative estimate of drug-likeness (QED) is 0.696. The minimum absolute atomic E-state index is 0.108. The molecule has 0 spiro atoms. The Morgan fingerprint density at radius 3 is 1.21 bits per heavy atom. The molecule has 2 amide bonds. The Kier molecular flexibility index (Phi) is 3.39. The van der Waals surface area contributed by atoms with Gasteiger partial charge in [-0.15, -0.1) is 0 Å². The summed E-state index contributed by atoms with van der Waals surface area (Å²) in [7, 11) is 0. The van der Waals surface area contributed by atoms with Gasteiger partial charge in [-0.25, -0.2) is 0 Å². The van der Waals surface area contributed by atoms with Crippen LogP contribution >= 0.6 is 0 Å². The Bertz CT molecular complexity index is 653. The summed E-state index contributed by atoms with van der Waals surface area (Å²) in [5.41, 5.74) is 6.16. The lowest BCUT2D eigenvalue weighted by atomic mass is 9.44. The standard InChI is InChI=1S/C24H36N2O2/c1-21-5-15-3-16(6-21)10-23(9-15,13-21)19(27)25-26-20(28)24-11-17-4-18(12-24)8-22(2,7-17)14-24/h15-18H,3-14H2,1-2H3,(H,25,27)(H,26,28)/t15-,16-,17+,18+,21?,22?,23?,24?. The van der Waals surface area contributed by atoms with Gasteiger partial charge in [0.2, 0.25) is 11.8 Å². The van der Waals surface area contributed by atoms with Crippen LogP contribution in [0.4, 0.5) is 0 Å². The van der Waals surface area contributed by atoms with Gasteiger partial charge in [-0.05, 0) is 112 Å². The number of amides is 2. The number of carbonyl (C=O) groups excluding carboxylic acids is 2. The third-order valence-electron chi connectivity index (χ3n) is 9.96. The molecule has 154 valence electrons. The van der Waals surface area contributed by atoms with Gasteiger partial charge in [0.15, 0.2) is 0 Å². The van der Waals surface area contributed by atoms with E-state index in [1.807, 2.05) is 0 Å². The molecule has 8 aliphatic carbocycles. The maximum Gasteiger partial charge on any atom is 0.244 e. The summed E-state index contributed by atoms with van der Waals surface area (Å²) in [5, 5.41) is 0. The lowest BCUT2D eigenvalue weighted by Gasteiger charge is -2.61. The summed E-state index contributed by atoms with van der Waals surface area (Å²) < 4.78 is 0. The second kappa shape index (κ2) is 5.35. The number of hydrogen-bond acceptors (Lipinski definition) is 2. The number of hydrazine groups is 1. The molecule has 28 heavy (non-hydrogen) atoms. The highest BCUT2D eigenvalue weighted by Crippen LogP contribution is 2.66. The Morgan fingerprint density at radius 2 is 0.929 bits per heavy atom. The first kappa shape index (κ1) is 17.8. The lowest BCUT2D eigenvalue weighted by Crippen LogP contribution is -2.62. The van der Waals surface area contributed by atoms with Crippen LogP contribution in [0.1, 0.15) is 90.9 Å². The molecular formula is C24H36N2O2. The summed E-state index contributed by atoms with van der Waals surface area (Å²) in [6.45, 7) is 4.78. The zero-order chi connectivity index (χ0) is 19.4. The fraction of sp³-hybridized carbons (Fsp3) is 0.917. The van der Waals surface area contributed by atoms with Gasteiger partial charge in [0.05, 0.1) is 10.8 Å². The molecule has 0 aromatic rings. The molecule has 0 aromatic carbocycles. The fourth-order valence-corrected chi connectivity index (χ4v) is 10.4. The first-order valence-corrected chi connectivity index (χ1v) is 11.8. The van der Waals surface area contributed by atoms with Crippen LogP contribution in [0.25, 0.3) is 0 Å². The van der Waals surface area contributed by atoms with Gasteiger partial charge in [-0.2, -0.15) is 0 Å². The highest BCUT2D eigenvalue weighted by molar-refractivity contribution is 5.88. The average Bonchev–Trinajstić information content (AvgIpc) is 2.54. The Labute approximate surface area is 168 Å².